The minimum Gasteiger partial charge on any atom is -0.383 e. The number of nitrogens with zero attached hydrogens (tertiary/aromatic N) is 1. The Kier molecular flexibility index (Phi) is 4.88. The number of benzene rings is 1. The number of halogens is 1. The van der Waals surface area contributed by atoms with E-state index in [0.29, 0.717) is 0 Å². The predicted molar refractivity (Wildman–Crippen MR) is 80.2 cm³/mol. The zero-order valence-corrected chi connectivity index (χ0v) is 12.7. The molecule has 1 aromatic heterocycles. The molecule has 1 aromatic carbocycles. The van der Waals surface area contributed by atoms with E-state index in [2.05, 4.69) is 37.7 Å². The lowest BCUT2D eigenvalue weighted by molar-refractivity contribution is 1.15. The van der Waals surface area contributed by atoms with Crippen molar-refractivity contribution in [3.05, 3.63) is 39.8 Å². The van der Waals surface area contributed by atoms with Gasteiger partial charge < -0.3 is 5.32 Å². The first-order chi connectivity index (χ1) is 8.25. The number of hydrogen-bond donors (Lipinski definition) is 1. The predicted octanol–water partition coefficient (Wildman–Crippen LogP) is 4.42. The van der Waals surface area contributed by atoms with Crippen LogP contribution in [0, 0.1) is 6.92 Å². The number of anilines is 1. The number of thioether (sulfide) groups is 1. The van der Waals surface area contributed by atoms with Crippen LogP contribution in [-0.2, 0) is 0 Å². The molecule has 0 amide bonds. The average Bonchev–Trinajstić information content (AvgIpc) is 2.73. The highest BCUT2D eigenvalue weighted by Crippen LogP contribution is 2.23. The standard InChI is InChI=1S/C12H13BrN2S2/c1-9-8-17-12(15-9)16-7-6-14-11-5-3-2-4-10(11)13/h2-5,8,14H,6-7H2,1H3. The topological polar surface area (TPSA) is 24.9 Å². The molecule has 1 heterocycles. The van der Waals surface area contributed by atoms with Crippen molar-refractivity contribution in [1.29, 1.82) is 0 Å². The van der Waals surface area contributed by atoms with Gasteiger partial charge in [-0.25, -0.2) is 4.98 Å². The lowest BCUT2D eigenvalue weighted by Crippen LogP contribution is -2.04. The Bertz CT molecular complexity index is 485. The van der Waals surface area contributed by atoms with E-state index in [1.165, 1.54) is 0 Å². The second kappa shape index (κ2) is 6.42. The SMILES string of the molecule is Cc1csc(SCCNc2ccccc2Br)n1. The molecule has 2 nitrogen and oxygen atoms in total. The largest absolute Gasteiger partial charge is 0.383 e. The average molecular weight is 329 g/mol. The van der Waals surface area contributed by atoms with Crippen LogP contribution in [0.1, 0.15) is 5.69 Å². The van der Waals surface area contributed by atoms with Crippen molar-refractivity contribution in [2.75, 3.05) is 17.6 Å². The molecule has 0 bridgehead atoms. The van der Waals surface area contributed by atoms with Gasteiger partial charge in [-0.15, -0.1) is 11.3 Å². The number of aryl methyl sites for hydroxylation is 1. The van der Waals surface area contributed by atoms with Gasteiger partial charge in [-0.2, -0.15) is 0 Å². The molecular formula is C12H13BrN2S2. The molecule has 2 aromatic rings. The van der Waals surface area contributed by atoms with Gasteiger partial charge in [-0.1, -0.05) is 23.9 Å². The van der Waals surface area contributed by atoms with E-state index in [1.807, 2.05) is 25.1 Å². The maximum absolute atomic E-state index is 4.42. The third-order valence-corrected chi connectivity index (χ3v) is 4.95. The fraction of sp³-hybridized carbons (Fsp3) is 0.250. The van der Waals surface area contributed by atoms with Gasteiger partial charge >= 0.3 is 0 Å². The Morgan fingerprint density at radius 3 is 2.94 bits per heavy atom. The van der Waals surface area contributed by atoms with E-state index in [0.717, 1.165) is 32.5 Å². The van der Waals surface area contributed by atoms with Crippen molar-refractivity contribution in [3.8, 4) is 0 Å². The Balaban J connectivity index is 1.75. The minimum atomic E-state index is 0.936. The second-order valence-corrected chi connectivity index (χ2v) is 6.56. The van der Waals surface area contributed by atoms with Crippen molar-refractivity contribution in [2.45, 2.75) is 11.3 Å². The van der Waals surface area contributed by atoms with Crippen LogP contribution in [0.3, 0.4) is 0 Å². The van der Waals surface area contributed by atoms with E-state index in [-0.39, 0.29) is 0 Å². The lowest BCUT2D eigenvalue weighted by Gasteiger charge is -2.06. The van der Waals surface area contributed by atoms with Crippen molar-refractivity contribution in [2.24, 2.45) is 0 Å². The number of hydrogen-bond acceptors (Lipinski definition) is 4. The summed E-state index contributed by atoms with van der Waals surface area (Å²) in [4.78, 5) is 4.42. The number of nitrogens with one attached hydrogen (secondary N) is 1. The first-order valence-corrected chi connectivity index (χ1v) is 7.95. The highest BCUT2D eigenvalue weighted by Gasteiger charge is 2.00. The monoisotopic (exact) mass is 328 g/mol. The molecule has 0 aliphatic rings. The van der Waals surface area contributed by atoms with Crippen LogP contribution in [0.5, 0.6) is 0 Å². The minimum absolute atomic E-state index is 0.936. The maximum Gasteiger partial charge on any atom is 0.150 e. The third kappa shape index (κ3) is 4.01. The van der Waals surface area contributed by atoms with Crippen molar-refractivity contribution < 1.29 is 0 Å². The van der Waals surface area contributed by atoms with Crippen LogP contribution in [0.15, 0.2) is 38.5 Å². The molecule has 0 saturated heterocycles. The molecule has 0 aliphatic carbocycles. The van der Waals surface area contributed by atoms with Gasteiger partial charge in [0.05, 0.1) is 0 Å². The molecule has 2 rings (SSSR count). The van der Waals surface area contributed by atoms with E-state index >= 15 is 0 Å². The Labute approximate surface area is 118 Å². The number of para-hydroxylation sites is 1. The van der Waals surface area contributed by atoms with Gasteiger partial charge in [0.15, 0.2) is 0 Å². The highest BCUT2D eigenvalue weighted by molar-refractivity contribution is 9.10. The molecule has 0 radical (unpaired) electrons. The molecule has 0 fully saturated rings. The highest BCUT2D eigenvalue weighted by atomic mass is 79.9. The van der Waals surface area contributed by atoms with Crippen LogP contribution < -0.4 is 5.32 Å². The fourth-order valence-electron chi connectivity index (χ4n) is 1.33. The van der Waals surface area contributed by atoms with Gasteiger partial charge in [0.25, 0.3) is 0 Å². The molecule has 17 heavy (non-hydrogen) atoms. The summed E-state index contributed by atoms with van der Waals surface area (Å²) in [5.41, 5.74) is 2.25. The number of aromatic nitrogens is 1. The van der Waals surface area contributed by atoms with E-state index in [9.17, 15) is 0 Å². The van der Waals surface area contributed by atoms with E-state index in [4.69, 9.17) is 0 Å². The maximum atomic E-state index is 4.42. The Morgan fingerprint density at radius 1 is 1.41 bits per heavy atom. The summed E-state index contributed by atoms with van der Waals surface area (Å²) in [5, 5.41) is 5.49. The lowest BCUT2D eigenvalue weighted by atomic mass is 10.3. The van der Waals surface area contributed by atoms with Gasteiger partial charge in [-0.3, -0.25) is 0 Å². The smallest absolute Gasteiger partial charge is 0.150 e. The number of rotatable bonds is 5. The van der Waals surface area contributed by atoms with E-state index in [1.54, 1.807) is 23.1 Å². The molecule has 0 unspecified atom stereocenters. The summed E-state index contributed by atoms with van der Waals surface area (Å²) in [6, 6.07) is 8.16. The Hall–Kier alpha value is -0.520. The van der Waals surface area contributed by atoms with Crippen LogP contribution in [0.25, 0.3) is 0 Å². The normalized spacial score (nSPS) is 10.5. The molecule has 0 aliphatic heterocycles. The third-order valence-electron chi connectivity index (χ3n) is 2.11. The van der Waals surface area contributed by atoms with Crippen molar-refractivity contribution in [3.63, 3.8) is 0 Å². The quantitative estimate of drug-likeness (QED) is 0.649. The van der Waals surface area contributed by atoms with Crippen LogP contribution >= 0.6 is 39.0 Å². The van der Waals surface area contributed by atoms with Crippen LogP contribution in [0.2, 0.25) is 0 Å². The first kappa shape index (κ1) is 12.9. The van der Waals surface area contributed by atoms with E-state index < -0.39 is 0 Å². The summed E-state index contributed by atoms with van der Waals surface area (Å²) in [7, 11) is 0. The zero-order chi connectivity index (χ0) is 12.1. The molecule has 0 saturated carbocycles. The van der Waals surface area contributed by atoms with Crippen LogP contribution in [0.4, 0.5) is 5.69 Å². The summed E-state index contributed by atoms with van der Waals surface area (Å²) in [5.74, 6) is 1.02. The van der Waals surface area contributed by atoms with Crippen molar-refractivity contribution in [1.82, 2.24) is 4.98 Å². The molecular weight excluding hydrogens is 316 g/mol. The van der Waals surface area contributed by atoms with Gasteiger partial charge in [0.2, 0.25) is 0 Å². The first-order valence-electron chi connectivity index (χ1n) is 5.29. The number of thiazole rings is 1. The molecule has 5 heteroatoms. The Morgan fingerprint density at radius 2 is 2.24 bits per heavy atom. The fourth-order valence-corrected chi connectivity index (χ4v) is 3.53. The summed E-state index contributed by atoms with van der Waals surface area (Å²) in [6.45, 7) is 2.96. The van der Waals surface area contributed by atoms with Gasteiger partial charge in [0, 0.05) is 33.5 Å². The zero-order valence-electron chi connectivity index (χ0n) is 9.44. The molecule has 90 valence electrons. The summed E-state index contributed by atoms with van der Waals surface area (Å²) >= 11 is 7.03. The van der Waals surface area contributed by atoms with Crippen molar-refractivity contribution >= 4 is 44.7 Å². The summed E-state index contributed by atoms with van der Waals surface area (Å²) in [6.07, 6.45) is 0. The summed E-state index contributed by atoms with van der Waals surface area (Å²) < 4.78 is 2.26. The van der Waals surface area contributed by atoms with Gasteiger partial charge in [0.1, 0.15) is 4.34 Å². The van der Waals surface area contributed by atoms with Gasteiger partial charge in [-0.05, 0) is 35.0 Å². The second-order valence-electron chi connectivity index (χ2n) is 3.51. The van der Waals surface area contributed by atoms with Crippen LogP contribution in [-0.4, -0.2) is 17.3 Å². The molecule has 1 N–H and O–H groups in total. The molecule has 0 spiro atoms. The molecule has 0 atom stereocenters.